The molecule has 154 valence electrons. The maximum atomic E-state index is 13.7. The van der Waals surface area contributed by atoms with Gasteiger partial charge >= 0.3 is 0 Å². The highest BCUT2D eigenvalue weighted by Gasteiger charge is 2.47. The van der Waals surface area contributed by atoms with Crippen LogP contribution in [0.25, 0.3) is 0 Å². The molecular formula is C27H29NO2. The molecule has 0 saturated heterocycles. The van der Waals surface area contributed by atoms with E-state index >= 15 is 0 Å². The monoisotopic (exact) mass is 399 g/mol. The van der Waals surface area contributed by atoms with E-state index in [1.807, 2.05) is 29.2 Å². The summed E-state index contributed by atoms with van der Waals surface area (Å²) in [4.78, 5) is 15.7. The smallest absolute Gasteiger partial charge is 0.258 e. The summed E-state index contributed by atoms with van der Waals surface area (Å²) in [5.74, 6) is 0.766. The van der Waals surface area contributed by atoms with Gasteiger partial charge in [-0.1, -0.05) is 49.4 Å². The van der Waals surface area contributed by atoms with Crippen LogP contribution in [0.4, 0.5) is 5.69 Å². The van der Waals surface area contributed by atoms with Gasteiger partial charge in [0.25, 0.3) is 5.91 Å². The van der Waals surface area contributed by atoms with E-state index in [4.69, 9.17) is 4.74 Å². The lowest BCUT2D eigenvalue weighted by molar-refractivity contribution is 0.0948. The fourth-order valence-electron chi connectivity index (χ4n) is 4.97. The standard InChI is InChI=1S/C27H29NO2/c1-19-11-16-23-24(17-19)28(25(29)20-12-14-22(30-5)15-13-20)26(2,3)18-27(23,4)21-9-7-6-8-10-21/h6-17H,18H2,1-5H3/t27-/m0/s1. The van der Waals surface area contributed by atoms with Crippen LogP contribution >= 0.6 is 0 Å². The Hall–Kier alpha value is -3.07. The number of carbonyl (C=O) groups excluding carboxylic acids is 1. The average Bonchev–Trinajstić information content (AvgIpc) is 2.73. The zero-order chi connectivity index (χ0) is 21.5. The van der Waals surface area contributed by atoms with Crippen molar-refractivity contribution in [2.75, 3.05) is 12.0 Å². The van der Waals surface area contributed by atoms with Crippen molar-refractivity contribution in [1.29, 1.82) is 0 Å². The summed E-state index contributed by atoms with van der Waals surface area (Å²) in [6.45, 7) is 8.72. The Kier molecular flexibility index (Phi) is 4.93. The summed E-state index contributed by atoms with van der Waals surface area (Å²) in [5.41, 5.74) is 4.75. The van der Waals surface area contributed by atoms with Crippen molar-refractivity contribution >= 4 is 11.6 Å². The first-order valence-corrected chi connectivity index (χ1v) is 10.4. The lowest BCUT2D eigenvalue weighted by Crippen LogP contribution is -2.55. The van der Waals surface area contributed by atoms with Gasteiger partial charge in [-0.05, 0) is 74.2 Å². The summed E-state index contributed by atoms with van der Waals surface area (Å²) in [7, 11) is 1.63. The van der Waals surface area contributed by atoms with E-state index in [-0.39, 0.29) is 16.9 Å². The van der Waals surface area contributed by atoms with Gasteiger partial charge < -0.3 is 9.64 Å². The summed E-state index contributed by atoms with van der Waals surface area (Å²) in [6.07, 6.45) is 0.835. The van der Waals surface area contributed by atoms with Gasteiger partial charge in [-0.15, -0.1) is 0 Å². The number of fused-ring (bicyclic) bond motifs is 1. The molecule has 0 aliphatic carbocycles. The molecule has 0 aromatic heterocycles. The molecule has 1 aliphatic rings. The van der Waals surface area contributed by atoms with Crippen molar-refractivity contribution in [1.82, 2.24) is 0 Å². The van der Waals surface area contributed by atoms with Gasteiger partial charge in [0.15, 0.2) is 0 Å². The van der Waals surface area contributed by atoms with E-state index in [1.54, 1.807) is 7.11 Å². The Morgan fingerprint density at radius 2 is 1.60 bits per heavy atom. The zero-order valence-corrected chi connectivity index (χ0v) is 18.4. The third kappa shape index (κ3) is 3.28. The predicted octanol–water partition coefficient (Wildman–Crippen LogP) is 6.14. The molecule has 1 heterocycles. The van der Waals surface area contributed by atoms with Crippen LogP contribution in [0.2, 0.25) is 0 Å². The third-order valence-corrected chi connectivity index (χ3v) is 6.33. The number of anilines is 1. The topological polar surface area (TPSA) is 29.5 Å². The quantitative estimate of drug-likeness (QED) is 0.529. The fourth-order valence-corrected chi connectivity index (χ4v) is 4.97. The third-order valence-electron chi connectivity index (χ3n) is 6.33. The first-order chi connectivity index (χ1) is 14.3. The van der Waals surface area contributed by atoms with Crippen LogP contribution < -0.4 is 9.64 Å². The summed E-state index contributed by atoms with van der Waals surface area (Å²) >= 11 is 0. The normalized spacial score (nSPS) is 19.8. The van der Waals surface area contributed by atoms with Crippen LogP contribution in [-0.4, -0.2) is 18.6 Å². The van der Waals surface area contributed by atoms with Gasteiger partial charge in [-0.25, -0.2) is 0 Å². The Morgan fingerprint density at radius 3 is 2.23 bits per heavy atom. The van der Waals surface area contributed by atoms with E-state index in [1.165, 1.54) is 11.1 Å². The molecule has 0 spiro atoms. The number of rotatable bonds is 3. The van der Waals surface area contributed by atoms with E-state index in [9.17, 15) is 4.79 Å². The van der Waals surface area contributed by atoms with Crippen molar-refractivity contribution in [3.8, 4) is 5.75 Å². The number of amides is 1. The Morgan fingerprint density at radius 1 is 0.933 bits per heavy atom. The molecular weight excluding hydrogens is 370 g/mol. The van der Waals surface area contributed by atoms with Gasteiger partial charge in [-0.2, -0.15) is 0 Å². The average molecular weight is 400 g/mol. The van der Waals surface area contributed by atoms with Crippen LogP contribution in [0.15, 0.2) is 72.8 Å². The molecule has 3 aromatic rings. The summed E-state index contributed by atoms with van der Waals surface area (Å²) < 4.78 is 5.26. The lowest BCUT2D eigenvalue weighted by atomic mass is 9.65. The molecule has 3 nitrogen and oxygen atoms in total. The number of nitrogens with zero attached hydrogens (tertiary/aromatic N) is 1. The van der Waals surface area contributed by atoms with Crippen LogP contribution in [-0.2, 0) is 5.41 Å². The summed E-state index contributed by atoms with van der Waals surface area (Å²) in [6, 6.07) is 24.5. The lowest BCUT2D eigenvalue weighted by Gasteiger charge is -2.51. The van der Waals surface area contributed by atoms with Crippen LogP contribution in [0.1, 0.15) is 54.2 Å². The highest BCUT2D eigenvalue weighted by molar-refractivity contribution is 6.08. The molecule has 0 bridgehead atoms. The second-order valence-electron chi connectivity index (χ2n) is 9.08. The van der Waals surface area contributed by atoms with Crippen LogP contribution in [0, 0.1) is 6.92 Å². The van der Waals surface area contributed by atoms with Gasteiger partial charge in [0, 0.05) is 22.2 Å². The highest BCUT2D eigenvalue weighted by atomic mass is 16.5. The molecule has 0 saturated carbocycles. The Balaban J connectivity index is 1.88. The van der Waals surface area contributed by atoms with Crippen LogP contribution in [0.3, 0.4) is 0 Å². The molecule has 30 heavy (non-hydrogen) atoms. The second-order valence-corrected chi connectivity index (χ2v) is 9.08. The minimum Gasteiger partial charge on any atom is -0.497 e. The number of methoxy groups -OCH3 is 1. The van der Waals surface area contributed by atoms with E-state index in [0.717, 1.165) is 23.4 Å². The molecule has 0 unspecified atom stereocenters. The van der Waals surface area contributed by atoms with Crippen molar-refractivity contribution in [3.63, 3.8) is 0 Å². The van der Waals surface area contributed by atoms with E-state index < -0.39 is 0 Å². The number of carbonyl (C=O) groups is 1. The molecule has 0 radical (unpaired) electrons. The van der Waals surface area contributed by atoms with Crippen molar-refractivity contribution in [2.24, 2.45) is 0 Å². The molecule has 4 rings (SSSR count). The molecule has 1 aliphatic heterocycles. The highest BCUT2D eigenvalue weighted by Crippen LogP contribution is 2.51. The first-order valence-electron chi connectivity index (χ1n) is 10.4. The molecule has 1 amide bonds. The predicted molar refractivity (Wildman–Crippen MR) is 123 cm³/mol. The number of aryl methyl sites for hydroxylation is 1. The second kappa shape index (κ2) is 7.32. The Bertz CT molecular complexity index is 1070. The fraction of sp³-hybridized carbons (Fsp3) is 0.296. The van der Waals surface area contributed by atoms with Gasteiger partial charge in [0.1, 0.15) is 5.75 Å². The van der Waals surface area contributed by atoms with Crippen LogP contribution in [0.5, 0.6) is 5.75 Å². The SMILES string of the molecule is COc1ccc(C(=O)N2c3cc(C)ccc3[C@](C)(c3ccccc3)CC2(C)C)cc1. The molecule has 3 aromatic carbocycles. The van der Waals surface area contributed by atoms with Crippen molar-refractivity contribution < 1.29 is 9.53 Å². The molecule has 1 atom stereocenters. The first kappa shape index (κ1) is 20.2. The summed E-state index contributed by atoms with van der Waals surface area (Å²) in [5, 5.41) is 0. The van der Waals surface area contributed by atoms with Gasteiger partial charge in [0.2, 0.25) is 0 Å². The van der Waals surface area contributed by atoms with E-state index in [2.05, 4.69) is 76.2 Å². The number of benzene rings is 3. The Labute approximate surface area is 179 Å². The molecule has 0 N–H and O–H groups in total. The maximum absolute atomic E-state index is 13.7. The number of hydrogen-bond acceptors (Lipinski definition) is 2. The zero-order valence-electron chi connectivity index (χ0n) is 18.4. The molecule has 3 heteroatoms. The van der Waals surface area contributed by atoms with Gasteiger partial charge in [0.05, 0.1) is 7.11 Å². The van der Waals surface area contributed by atoms with Gasteiger partial charge in [-0.3, -0.25) is 4.79 Å². The van der Waals surface area contributed by atoms with Crippen molar-refractivity contribution in [3.05, 3.63) is 95.1 Å². The minimum atomic E-state index is -0.359. The maximum Gasteiger partial charge on any atom is 0.258 e. The number of hydrogen-bond donors (Lipinski definition) is 0. The minimum absolute atomic E-state index is 0.0182. The molecule has 0 fully saturated rings. The van der Waals surface area contributed by atoms with E-state index in [0.29, 0.717) is 5.56 Å². The largest absolute Gasteiger partial charge is 0.497 e. The number of ether oxygens (including phenoxy) is 1. The van der Waals surface area contributed by atoms with Crippen molar-refractivity contribution in [2.45, 2.75) is 45.1 Å².